The molecule has 18 heavy (non-hydrogen) atoms. The Balaban J connectivity index is 1.80. The normalized spacial score (nSPS) is 17.7. The van der Waals surface area contributed by atoms with E-state index in [9.17, 15) is 0 Å². The van der Waals surface area contributed by atoms with E-state index in [2.05, 4.69) is 27.2 Å². The van der Waals surface area contributed by atoms with Gasteiger partial charge in [0.25, 0.3) is 0 Å². The average molecular weight is 250 g/mol. The van der Waals surface area contributed by atoms with Crippen LogP contribution < -0.4 is 10.1 Å². The summed E-state index contributed by atoms with van der Waals surface area (Å²) >= 11 is 0. The lowest BCUT2D eigenvalue weighted by molar-refractivity contribution is 0.226. The van der Waals surface area contributed by atoms with E-state index in [1.807, 2.05) is 6.92 Å². The average Bonchev–Trinajstić information content (AvgIpc) is 2.39. The van der Waals surface area contributed by atoms with Crippen molar-refractivity contribution in [1.29, 1.82) is 0 Å². The standard InChI is InChI=1S/C13H22N4O/c1-3-18-12-4-7-14-13(16-12)15-10-11-5-8-17(2)9-6-11/h4,7,11H,3,5-6,8-10H2,1-2H3,(H,14,15,16). The van der Waals surface area contributed by atoms with Gasteiger partial charge in [-0.2, -0.15) is 4.98 Å². The quantitative estimate of drug-likeness (QED) is 0.860. The summed E-state index contributed by atoms with van der Waals surface area (Å²) in [6, 6.07) is 1.78. The van der Waals surface area contributed by atoms with Crippen molar-refractivity contribution in [2.24, 2.45) is 5.92 Å². The molecule has 0 aliphatic carbocycles. The zero-order valence-corrected chi connectivity index (χ0v) is 11.2. The highest BCUT2D eigenvalue weighted by Crippen LogP contribution is 2.16. The van der Waals surface area contributed by atoms with E-state index in [-0.39, 0.29) is 0 Å². The fourth-order valence-electron chi connectivity index (χ4n) is 2.16. The zero-order valence-electron chi connectivity index (χ0n) is 11.2. The number of hydrogen-bond acceptors (Lipinski definition) is 5. The first-order chi connectivity index (χ1) is 8.78. The number of piperidine rings is 1. The van der Waals surface area contributed by atoms with Gasteiger partial charge in [0.1, 0.15) is 0 Å². The summed E-state index contributed by atoms with van der Waals surface area (Å²) in [5, 5.41) is 3.31. The highest BCUT2D eigenvalue weighted by molar-refractivity contribution is 5.27. The molecule has 5 heteroatoms. The number of rotatable bonds is 5. The first kappa shape index (κ1) is 13.1. The van der Waals surface area contributed by atoms with Gasteiger partial charge in [0, 0.05) is 18.8 Å². The number of hydrogen-bond donors (Lipinski definition) is 1. The highest BCUT2D eigenvalue weighted by atomic mass is 16.5. The zero-order chi connectivity index (χ0) is 12.8. The molecule has 0 aromatic carbocycles. The van der Waals surface area contributed by atoms with Crippen molar-refractivity contribution in [3.8, 4) is 5.88 Å². The Kier molecular flexibility index (Phi) is 4.75. The molecule has 5 nitrogen and oxygen atoms in total. The first-order valence-corrected chi connectivity index (χ1v) is 6.66. The molecule has 1 aliphatic rings. The van der Waals surface area contributed by atoms with Crippen LogP contribution in [0.4, 0.5) is 5.95 Å². The molecular weight excluding hydrogens is 228 g/mol. The van der Waals surface area contributed by atoms with Crippen LogP contribution in [0.1, 0.15) is 19.8 Å². The lowest BCUT2D eigenvalue weighted by atomic mass is 9.97. The maximum atomic E-state index is 5.35. The Morgan fingerprint density at radius 1 is 1.44 bits per heavy atom. The summed E-state index contributed by atoms with van der Waals surface area (Å²) in [4.78, 5) is 10.9. The largest absolute Gasteiger partial charge is 0.478 e. The molecule has 0 bridgehead atoms. The van der Waals surface area contributed by atoms with Crippen LogP contribution in [-0.4, -0.2) is 48.2 Å². The van der Waals surface area contributed by atoms with Crippen LogP contribution in [0.3, 0.4) is 0 Å². The predicted molar refractivity (Wildman–Crippen MR) is 71.9 cm³/mol. The van der Waals surface area contributed by atoms with Crippen molar-refractivity contribution in [3.05, 3.63) is 12.3 Å². The van der Waals surface area contributed by atoms with Gasteiger partial charge in [0.05, 0.1) is 6.61 Å². The number of ether oxygens (including phenoxy) is 1. The molecule has 0 radical (unpaired) electrons. The van der Waals surface area contributed by atoms with Gasteiger partial charge in [-0.25, -0.2) is 4.98 Å². The maximum Gasteiger partial charge on any atom is 0.225 e. The summed E-state index contributed by atoms with van der Waals surface area (Å²) in [5.41, 5.74) is 0. The molecule has 100 valence electrons. The van der Waals surface area contributed by atoms with Crippen molar-refractivity contribution >= 4 is 5.95 Å². The Morgan fingerprint density at radius 2 is 2.22 bits per heavy atom. The van der Waals surface area contributed by atoms with Crippen LogP contribution in [0.15, 0.2) is 12.3 Å². The number of aromatic nitrogens is 2. The molecule has 0 unspecified atom stereocenters. The number of likely N-dealkylation sites (tertiary alicyclic amines) is 1. The van der Waals surface area contributed by atoms with Crippen LogP contribution in [0.5, 0.6) is 5.88 Å². The predicted octanol–water partition coefficient (Wildman–Crippen LogP) is 1.63. The number of nitrogens with one attached hydrogen (secondary N) is 1. The van der Waals surface area contributed by atoms with E-state index in [0.29, 0.717) is 18.4 Å². The lowest BCUT2D eigenvalue weighted by Gasteiger charge is -2.28. The molecule has 1 saturated heterocycles. The lowest BCUT2D eigenvalue weighted by Crippen LogP contribution is -2.33. The molecule has 0 spiro atoms. The second-order valence-electron chi connectivity index (χ2n) is 4.78. The monoisotopic (exact) mass is 250 g/mol. The summed E-state index contributed by atoms with van der Waals surface area (Å²) in [7, 11) is 2.18. The Morgan fingerprint density at radius 3 is 2.94 bits per heavy atom. The van der Waals surface area contributed by atoms with Gasteiger partial charge < -0.3 is 15.0 Å². The van der Waals surface area contributed by atoms with Crippen molar-refractivity contribution in [2.45, 2.75) is 19.8 Å². The van der Waals surface area contributed by atoms with Gasteiger partial charge in [-0.05, 0) is 45.8 Å². The van der Waals surface area contributed by atoms with Crippen LogP contribution >= 0.6 is 0 Å². The number of anilines is 1. The van der Waals surface area contributed by atoms with E-state index in [4.69, 9.17) is 4.74 Å². The van der Waals surface area contributed by atoms with Crippen LogP contribution in [0.2, 0.25) is 0 Å². The summed E-state index contributed by atoms with van der Waals surface area (Å²) in [6.45, 7) is 5.90. The van der Waals surface area contributed by atoms with Gasteiger partial charge in [0.15, 0.2) is 0 Å². The molecule has 0 atom stereocenters. The van der Waals surface area contributed by atoms with Gasteiger partial charge in [-0.3, -0.25) is 0 Å². The molecule has 2 heterocycles. The smallest absolute Gasteiger partial charge is 0.225 e. The third-order valence-electron chi connectivity index (χ3n) is 3.31. The molecule has 1 aromatic heterocycles. The summed E-state index contributed by atoms with van der Waals surface area (Å²) in [5.74, 6) is 2.03. The molecule has 1 N–H and O–H groups in total. The molecule has 2 rings (SSSR count). The highest BCUT2D eigenvalue weighted by Gasteiger charge is 2.16. The topological polar surface area (TPSA) is 50.3 Å². The third kappa shape index (κ3) is 3.84. The molecule has 1 aliphatic heterocycles. The van der Waals surface area contributed by atoms with E-state index >= 15 is 0 Å². The minimum absolute atomic E-state index is 0.630. The Bertz CT molecular complexity index is 364. The van der Waals surface area contributed by atoms with E-state index in [1.54, 1.807) is 12.3 Å². The van der Waals surface area contributed by atoms with Gasteiger partial charge in [0.2, 0.25) is 11.8 Å². The van der Waals surface area contributed by atoms with Crippen molar-refractivity contribution < 1.29 is 4.74 Å². The molecule has 1 fully saturated rings. The van der Waals surface area contributed by atoms with Crippen molar-refractivity contribution in [2.75, 3.05) is 38.6 Å². The third-order valence-corrected chi connectivity index (χ3v) is 3.31. The number of nitrogens with zero attached hydrogens (tertiary/aromatic N) is 3. The van der Waals surface area contributed by atoms with Crippen LogP contribution in [0, 0.1) is 5.92 Å². The molecule has 0 amide bonds. The fraction of sp³-hybridized carbons (Fsp3) is 0.692. The first-order valence-electron chi connectivity index (χ1n) is 6.66. The summed E-state index contributed by atoms with van der Waals surface area (Å²) < 4.78 is 5.35. The second kappa shape index (κ2) is 6.54. The van der Waals surface area contributed by atoms with E-state index in [1.165, 1.54) is 25.9 Å². The Hall–Kier alpha value is -1.36. The maximum absolute atomic E-state index is 5.35. The van der Waals surface area contributed by atoms with Crippen LogP contribution in [-0.2, 0) is 0 Å². The van der Waals surface area contributed by atoms with Gasteiger partial charge in [-0.1, -0.05) is 0 Å². The minimum atomic E-state index is 0.630. The van der Waals surface area contributed by atoms with Gasteiger partial charge >= 0.3 is 0 Å². The second-order valence-corrected chi connectivity index (χ2v) is 4.78. The Labute approximate surface area is 109 Å². The van der Waals surface area contributed by atoms with E-state index < -0.39 is 0 Å². The van der Waals surface area contributed by atoms with Crippen molar-refractivity contribution in [1.82, 2.24) is 14.9 Å². The molecular formula is C13H22N4O. The SMILES string of the molecule is CCOc1ccnc(NCC2CCN(C)CC2)n1. The van der Waals surface area contributed by atoms with Gasteiger partial charge in [-0.15, -0.1) is 0 Å². The van der Waals surface area contributed by atoms with Crippen LogP contribution in [0.25, 0.3) is 0 Å². The molecule has 1 aromatic rings. The molecule has 0 saturated carbocycles. The van der Waals surface area contributed by atoms with Crippen molar-refractivity contribution in [3.63, 3.8) is 0 Å². The fourth-order valence-corrected chi connectivity index (χ4v) is 2.16. The summed E-state index contributed by atoms with van der Waals surface area (Å²) in [6.07, 6.45) is 4.22. The minimum Gasteiger partial charge on any atom is -0.478 e. The van der Waals surface area contributed by atoms with E-state index in [0.717, 1.165) is 12.5 Å².